The zero-order valence-corrected chi connectivity index (χ0v) is 14.4. The van der Waals surface area contributed by atoms with Gasteiger partial charge in [0.1, 0.15) is 11.6 Å². The Morgan fingerprint density at radius 1 is 1.31 bits per heavy atom. The van der Waals surface area contributed by atoms with Gasteiger partial charge in [-0.2, -0.15) is 8.78 Å². The quantitative estimate of drug-likeness (QED) is 0.860. The van der Waals surface area contributed by atoms with E-state index in [9.17, 15) is 13.6 Å². The predicted octanol–water partition coefficient (Wildman–Crippen LogP) is 2.88. The maximum atomic E-state index is 12.6. The molecule has 138 valence electrons. The van der Waals surface area contributed by atoms with Crippen LogP contribution in [0.2, 0.25) is 0 Å². The molecule has 0 unspecified atom stereocenters. The maximum absolute atomic E-state index is 12.6. The Morgan fingerprint density at radius 2 is 2.12 bits per heavy atom. The van der Waals surface area contributed by atoms with Crippen LogP contribution in [0.1, 0.15) is 35.5 Å². The molecule has 2 aromatic rings. The Morgan fingerprint density at radius 3 is 2.88 bits per heavy atom. The summed E-state index contributed by atoms with van der Waals surface area (Å²) in [6.45, 7) is -1.14. The van der Waals surface area contributed by atoms with E-state index in [4.69, 9.17) is 0 Å². The van der Waals surface area contributed by atoms with Crippen LogP contribution in [0.25, 0.3) is 0 Å². The van der Waals surface area contributed by atoms with Crippen molar-refractivity contribution in [3.05, 3.63) is 57.3 Å². The molecule has 7 heteroatoms. The van der Waals surface area contributed by atoms with Gasteiger partial charge in [0.05, 0.1) is 5.69 Å². The number of halogens is 2. The van der Waals surface area contributed by atoms with Gasteiger partial charge >= 0.3 is 6.61 Å². The van der Waals surface area contributed by atoms with E-state index in [1.807, 2.05) is 6.07 Å². The number of ether oxygens (including phenoxy) is 1. The molecule has 1 aliphatic carbocycles. The van der Waals surface area contributed by atoms with Gasteiger partial charge in [0.15, 0.2) is 0 Å². The normalized spacial score (nSPS) is 17.3. The molecule has 0 spiro atoms. The monoisotopic (exact) mass is 361 g/mol. The summed E-state index contributed by atoms with van der Waals surface area (Å²) in [5, 5.41) is 0. The van der Waals surface area contributed by atoms with E-state index in [-0.39, 0.29) is 11.3 Å². The number of para-hydroxylation sites is 1. The molecular weight excluding hydrogens is 340 g/mol. The highest BCUT2D eigenvalue weighted by Crippen LogP contribution is 2.31. The molecule has 1 aliphatic heterocycles. The number of rotatable bonds is 6. The zero-order valence-electron chi connectivity index (χ0n) is 14.4. The fourth-order valence-electron chi connectivity index (χ4n) is 3.46. The molecule has 1 aromatic heterocycles. The van der Waals surface area contributed by atoms with Crippen LogP contribution in [-0.4, -0.2) is 28.0 Å². The number of alkyl halides is 2. The molecule has 1 N–H and O–H groups in total. The molecule has 0 radical (unpaired) electrons. The lowest BCUT2D eigenvalue weighted by molar-refractivity contribution is -0.0508. The number of benzene rings is 1. The fraction of sp³-hybridized carbons (Fsp3) is 0.474. The van der Waals surface area contributed by atoms with Crippen LogP contribution in [0.4, 0.5) is 8.78 Å². The highest BCUT2D eigenvalue weighted by Gasteiger charge is 2.26. The van der Waals surface area contributed by atoms with E-state index in [1.54, 1.807) is 18.2 Å². The zero-order chi connectivity index (χ0) is 18.1. The minimum Gasteiger partial charge on any atom is -0.434 e. The van der Waals surface area contributed by atoms with Gasteiger partial charge in [-0.15, -0.1) is 0 Å². The molecule has 5 nitrogen and oxygen atoms in total. The van der Waals surface area contributed by atoms with Crippen molar-refractivity contribution in [1.29, 1.82) is 0 Å². The van der Waals surface area contributed by atoms with Crippen LogP contribution in [0.15, 0.2) is 29.1 Å². The summed E-state index contributed by atoms with van der Waals surface area (Å²) < 4.78 is 29.8. The smallest absolute Gasteiger partial charge is 0.387 e. The van der Waals surface area contributed by atoms with Gasteiger partial charge in [0, 0.05) is 37.2 Å². The molecule has 0 atom stereocenters. The average Bonchev–Trinajstić information content (AvgIpc) is 3.40. The molecule has 1 aromatic carbocycles. The lowest BCUT2D eigenvalue weighted by atomic mass is 10.0. The number of hydrogen-bond donors (Lipinski definition) is 1. The average molecular weight is 361 g/mol. The third-order valence-electron chi connectivity index (χ3n) is 4.96. The molecule has 1 fully saturated rings. The van der Waals surface area contributed by atoms with Crippen LogP contribution in [0.3, 0.4) is 0 Å². The van der Waals surface area contributed by atoms with E-state index in [0.717, 1.165) is 23.5 Å². The Balaban J connectivity index is 1.51. The highest BCUT2D eigenvalue weighted by molar-refractivity contribution is 5.33. The number of H-pyrrole nitrogens is 1. The number of fused-ring (bicyclic) bond motifs is 1. The van der Waals surface area contributed by atoms with E-state index < -0.39 is 6.61 Å². The predicted molar refractivity (Wildman–Crippen MR) is 92.2 cm³/mol. The Bertz CT molecular complexity index is 849. The summed E-state index contributed by atoms with van der Waals surface area (Å²) in [6, 6.07) is 6.83. The fourth-order valence-corrected chi connectivity index (χ4v) is 3.46. The van der Waals surface area contributed by atoms with Gasteiger partial charge in [-0.1, -0.05) is 18.2 Å². The van der Waals surface area contributed by atoms with Gasteiger partial charge in [0.2, 0.25) is 0 Å². The van der Waals surface area contributed by atoms with Crippen molar-refractivity contribution in [3.8, 4) is 5.75 Å². The standard InChI is InChI=1S/C19H21F2N3O2/c20-19(21)26-16-4-2-1-3-13(16)10-24-8-7-14-15(11-24)22-17(23-18(14)25)9-12-5-6-12/h1-4,12,19H,5-11H2,(H,22,23,25). The molecule has 2 heterocycles. The van der Waals surface area contributed by atoms with Gasteiger partial charge in [0.25, 0.3) is 5.56 Å². The second-order valence-corrected chi connectivity index (χ2v) is 7.03. The Labute approximate surface area is 150 Å². The highest BCUT2D eigenvalue weighted by atomic mass is 19.3. The van der Waals surface area contributed by atoms with Crippen molar-refractivity contribution in [3.63, 3.8) is 0 Å². The number of aromatic nitrogens is 2. The molecule has 0 saturated heterocycles. The number of nitrogens with zero attached hydrogens (tertiary/aromatic N) is 2. The molecule has 26 heavy (non-hydrogen) atoms. The third-order valence-corrected chi connectivity index (χ3v) is 4.96. The Hall–Kier alpha value is -2.28. The van der Waals surface area contributed by atoms with Gasteiger partial charge < -0.3 is 9.72 Å². The minimum absolute atomic E-state index is 0.0354. The van der Waals surface area contributed by atoms with Crippen molar-refractivity contribution in [2.75, 3.05) is 6.54 Å². The molecule has 1 saturated carbocycles. The second-order valence-electron chi connectivity index (χ2n) is 7.03. The van der Waals surface area contributed by atoms with E-state index in [0.29, 0.717) is 37.5 Å². The van der Waals surface area contributed by atoms with E-state index in [2.05, 4.69) is 19.6 Å². The van der Waals surface area contributed by atoms with Gasteiger partial charge in [-0.25, -0.2) is 4.98 Å². The first-order valence-corrected chi connectivity index (χ1v) is 8.94. The van der Waals surface area contributed by atoms with Crippen LogP contribution < -0.4 is 10.3 Å². The maximum Gasteiger partial charge on any atom is 0.387 e. The van der Waals surface area contributed by atoms with Crippen LogP contribution in [0.5, 0.6) is 5.75 Å². The van der Waals surface area contributed by atoms with Crippen LogP contribution >= 0.6 is 0 Å². The van der Waals surface area contributed by atoms with Crippen molar-refractivity contribution in [1.82, 2.24) is 14.9 Å². The molecular formula is C19H21F2N3O2. The summed E-state index contributed by atoms with van der Waals surface area (Å²) >= 11 is 0. The van der Waals surface area contributed by atoms with Crippen molar-refractivity contribution >= 4 is 0 Å². The molecule has 2 aliphatic rings. The van der Waals surface area contributed by atoms with Gasteiger partial charge in [-0.05, 0) is 31.2 Å². The van der Waals surface area contributed by atoms with Gasteiger partial charge in [-0.3, -0.25) is 9.69 Å². The number of nitrogens with one attached hydrogen (secondary N) is 1. The minimum atomic E-state index is -2.84. The SMILES string of the molecule is O=c1[nH]c(CC2CC2)nc2c1CCN(Cc1ccccc1OC(F)F)C2. The summed E-state index contributed by atoms with van der Waals surface area (Å²) in [6.07, 6.45) is 3.84. The topological polar surface area (TPSA) is 58.2 Å². The number of aromatic amines is 1. The number of hydrogen-bond acceptors (Lipinski definition) is 4. The van der Waals surface area contributed by atoms with Crippen molar-refractivity contribution in [2.24, 2.45) is 5.92 Å². The van der Waals surface area contributed by atoms with Crippen LogP contribution in [-0.2, 0) is 25.9 Å². The first-order chi connectivity index (χ1) is 12.6. The first kappa shape index (κ1) is 17.1. The van der Waals surface area contributed by atoms with E-state index in [1.165, 1.54) is 12.8 Å². The summed E-state index contributed by atoms with van der Waals surface area (Å²) in [4.78, 5) is 22.0. The van der Waals surface area contributed by atoms with Crippen molar-refractivity contribution < 1.29 is 13.5 Å². The Kier molecular flexibility index (Phi) is 4.72. The largest absolute Gasteiger partial charge is 0.434 e. The third kappa shape index (κ3) is 3.93. The van der Waals surface area contributed by atoms with E-state index >= 15 is 0 Å². The summed E-state index contributed by atoms with van der Waals surface area (Å²) in [5.74, 6) is 1.61. The summed E-state index contributed by atoms with van der Waals surface area (Å²) in [7, 11) is 0. The second kappa shape index (κ2) is 7.15. The van der Waals surface area contributed by atoms with Crippen LogP contribution in [0, 0.1) is 5.92 Å². The molecule has 0 bridgehead atoms. The molecule has 0 amide bonds. The van der Waals surface area contributed by atoms with Crippen molar-refractivity contribution in [2.45, 2.75) is 45.4 Å². The lowest BCUT2D eigenvalue weighted by Gasteiger charge is -2.28. The molecule has 4 rings (SSSR count). The first-order valence-electron chi connectivity index (χ1n) is 8.94. The summed E-state index contributed by atoms with van der Waals surface area (Å²) in [5.41, 5.74) is 2.23. The lowest BCUT2D eigenvalue weighted by Crippen LogP contribution is -2.35.